The van der Waals surface area contributed by atoms with E-state index in [-0.39, 0.29) is 11.6 Å². The molecule has 7 heteroatoms. The number of hydrogen-bond acceptors (Lipinski definition) is 3. The standard InChI is InChI=1S/C36H55Cl2NO3Si/c1-5-6-7-8-9-10-11-12-13-14-15-16-23-28-33(40)32(39-35(41)34(37)38)29-42-43(36(2,3)4,30-24-19-17-20-25-30)31-26-21-18-22-27-31/h17-28,32-34,40H,5-16,29H2,1-4H3,(H,39,41)/b28-23+/t32-,33+/m0/s1. The lowest BCUT2D eigenvalue weighted by Crippen LogP contribution is -2.67. The zero-order chi connectivity index (χ0) is 31.6. The zero-order valence-corrected chi connectivity index (χ0v) is 29.4. The second-order valence-electron chi connectivity index (χ2n) is 12.6. The quantitative estimate of drug-likeness (QED) is 0.0618. The Labute approximate surface area is 272 Å². The minimum atomic E-state index is -2.86. The van der Waals surface area contributed by atoms with Crippen LogP contribution in [-0.4, -0.2) is 42.9 Å². The molecule has 0 spiro atoms. The van der Waals surface area contributed by atoms with Gasteiger partial charge in [0.1, 0.15) is 0 Å². The van der Waals surface area contributed by atoms with Crippen molar-refractivity contribution in [3.8, 4) is 0 Å². The van der Waals surface area contributed by atoms with Crippen LogP contribution in [0.3, 0.4) is 0 Å². The number of allylic oxidation sites excluding steroid dienone is 1. The van der Waals surface area contributed by atoms with Crippen molar-refractivity contribution in [2.24, 2.45) is 0 Å². The Kier molecular flexibility index (Phi) is 17.8. The van der Waals surface area contributed by atoms with Gasteiger partial charge in [-0.3, -0.25) is 4.79 Å². The normalized spacial score (nSPS) is 13.9. The first-order valence-electron chi connectivity index (χ1n) is 16.3. The van der Waals surface area contributed by atoms with E-state index in [2.05, 4.69) is 57.3 Å². The number of carbonyl (C=O) groups is 1. The number of aliphatic hydroxyl groups is 1. The number of amides is 1. The Balaban J connectivity index is 2.04. The number of rotatable bonds is 21. The number of nitrogens with one attached hydrogen (secondary N) is 1. The molecule has 0 bridgehead atoms. The van der Waals surface area contributed by atoms with Gasteiger partial charge < -0.3 is 14.8 Å². The summed E-state index contributed by atoms with van der Waals surface area (Å²) in [6.45, 7) is 8.97. The summed E-state index contributed by atoms with van der Waals surface area (Å²) in [6.07, 6.45) is 18.0. The molecule has 0 saturated heterocycles. The van der Waals surface area contributed by atoms with E-state index in [0.29, 0.717) is 0 Å². The van der Waals surface area contributed by atoms with Gasteiger partial charge in [0.25, 0.3) is 14.2 Å². The van der Waals surface area contributed by atoms with E-state index in [1.165, 1.54) is 64.2 Å². The van der Waals surface area contributed by atoms with E-state index in [0.717, 1.165) is 23.2 Å². The van der Waals surface area contributed by atoms with Crippen molar-refractivity contribution in [3.05, 3.63) is 72.8 Å². The number of benzene rings is 2. The van der Waals surface area contributed by atoms with Gasteiger partial charge in [-0.2, -0.15) is 0 Å². The molecule has 0 fully saturated rings. The fraction of sp³-hybridized carbons (Fsp3) is 0.583. The highest BCUT2D eigenvalue weighted by Gasteiger charge is 2.50. The molecule has 240 valence electrons. The van der Waals surface area contributed by atoms with Crippen molar-refractivity contribution in [1.82, 2.24) is 5.32 Å². The summed E-state index contributed by atoms with van der Waals surface area (Å²) >= 11 is 11.8. The van der Waals surface area contributed by atoms with Crippen LogP contribution in [0.15, 0.2) is 72.8 Å². The molecule has 0 aliphatic carbocycles. The molecule has 0 aliphatic heterocycles. The predicted octanol–water partition coefficient (Wildman–Crippen LogP) is 8.47. The van der Waals surface area contributed by atoms with E-state index < -0.39 is 31.2 Å². The second kappa shape index (κ2) is 20.4. The van der Waals surface area contributed by atoms with Crippen LogP contribution < -0.4 is 15.7 Å². The highest BCUT2D eigenvalue weighted by Crippen LogP contribution is 2.37. The van der Waals surface area contributed by atoms with Crippen LogP contribution in [0.1, 0.15) is 105 Å². The van der Waals surface area contributed by atoms with Crippen molar-refractivity contribution in [2.45, 2.75) is 127 Å². The van der Waals surface area contributed by atoms with Gasteiger partial charge in [-0.1, -0.05) is 188 Å². The van der Waals surface area contributed by atoms with Crippen LogP contribution in [0.5, 0.6) is 0 Å². The Morgan fingerprint density at radius 1 is 0.837 bits per heavy atom. The smallest absolute Gasteiger partial charge is 0.261 e. The highest BCUT2D eigenvalue weighted by atomic mass is 35.5. The molecule has 43 heavy (non-hydrogen) atoms. The Bertz CT molecular complexity index is 1000. The van der Waals surface area contributed by atoms with E-state index >= 15 is 0 Å². The Hall–Kier alpha value is -1.63. The van der Waals surface area contributed by atoms with Gasteiger partial charge in [0.2, 0.25) is 0 Å². The fourth-order valence-corrected chi connectivity index (χ4v) is 10.5. The topological polar surface area (TPSA) is 58.6 Å². The maximum atomic E-state index is 12.6. The van der Waals surface area contributed by atoms with Crippen molar-refractivity contribution < 1.29 is 14.3 Å². The summed E-state index contributed by atoms with van der Waals surface area (Å²) in [7, 11) is -2.86. The number of aliphatic hydroxyl groups excluding tert-OH is 1. The average Bonchev–Trinajstić information content (AvgIpc) is 2.99. The maximum Gasteiger partial charge on any atom is 0.261 e. The summed E-state index contributed by atoms with van der Waals surface area (Å²) < 4.78 is 6.99. The van der Waals surface area contributed by atoms with E-state index in [1.54, 1.807) is 6.08 Å². The number of halogens is 2. The van der Waals surface area contributed by atoms with Crippen molar-refractivity contribution in [2.75, 3.05) is 6.61 Å². The van der Waals surface area contributed by atoms with Gasteiger partial charge in [0.15, 0.2) is 4.84 Å². The summed E-state index contributed by atoms with van der Waals surface area (Å²) in [4.78, 5) is 11.3. The molecular weight excluding hydrogens is 593 g/mol. The molecular formula is C36H55Cl2NO3Si. The number of hydrogen-bond donors (Lipinski definition) is 2. The zero-order valence-electron chi connectivity index (χ0n) is 26.9. The van der Waals surface area contributed by atoms with Crippen LogP contribution in [0.4, 0.5) is 0 Å². The van der Waals surface area contributed by atoms with Crippen LogP contribution in [0.2, 0.25) is 5.04 Å². The Morgan fingerprint density at radius 2 is 1.30 bits per heavy atom. The minimum Gasteiger partial charge on any atom is -0.405 e. The fourth-order valence-electron chi connectivity index (χ4n) is 5.74. The molecule has 2 N–H and O–H groups in total. The summed E-state index contributed by atoms with van der Waals surface area (Å²) in [5.74, 6) is -0.544. The number of carbonyl (C=O) groups excluding carboxylic acids is 1. The number of unbranched alkanes of at least 4 members (excludes halogenated alkanes) is 11. The van der Waals surface area contributed by atoms with Crippen LogP contribution in [0, 0.1) is 0 Å². The first kappa shape index (κ1) is 37.6. The molecule has 0 heterocycles. The van der Waals surface area contributed by atoms with Crippen molar-refractivity contribution in [1.29, 1.82) is 0 Å². The van der Waals surface area contributed by atoms with Crippen LogP contribution in [-0.2, 0) is 9.22 Å². The van der Waals surface area contributed by atoms with Gasteiger partial charge in [0.05, 0.1) is 18.8 Å². The lowest BCUT2D eigenvalue weighted by molar-refractivity contribution is -0.121. The molecule has 2 rings (SSSR count). The molecule has 0 unspecified atom stereocenters. The molecule has 2 aromatic carbocycles. The molecule has 0 aliphatic rings. The third kappa shape index (κ3) is 12.7. The summed E-state index contributed by atoms with van der Waals surface area (Å²) in [5.41, 5.74) is 0. The SMILES string of the molecule is CCCCCCCCCCCCC/C=C/[C@@H](O)[C@H](CO[Si](c1ccccc1)(c1ccccc1)C(C)(C)C)NC(=O)C(Cl)Cl. The van der Waals surface area contributed by atoms with Gasteiger partial charge in [-0.25, -0.2) is 0 Å². The average molecular weight is 649 g/mol. The lowest BCUT2D eigenvalue weighted by atomic mass is 10.0. The van der Waals surface area contributed by atoms with E-state index in [4.69, 9.17) is 27.6 Å². The minimum absolute atomic E-state index is 0.115. The van der Waals surface area contributed by atoms with Gasteiger partial charge >= 0.3 is 0 Å². The molecule has 0 aromatic heterocycles. The second-order valence-corrected chi connectivity index (χ2v) is 18.0. The first-order valence-corrected chi connectivity index (χ1v) is 19.1. The summed E-state index contributed by atoms with van der Waals surface area (Å²) in [6, 6.07) is 19.9. The number of alkyl halides is 2. The maximum absolute atomic E-state index is 12.6. The summed E-state index contributed by atoms with van der Waals surface area (Å²) in [5, 5.41) is 16.1. The molecule has 0 saturated carbocycles. The largest absolute Gasteiger partial charge is 0.405 e. The van der Waals surface area contributed by atoms with Crippen molar-refractivity contribution >= 4 is 47.8 Å². The van der Waals surface area contributed by atoms with Crippen LogP contribution >= 0.6 is 23.2 Å². The van der Waals surface area contributed by atoms with Gasteiger partial charge in [0, 0.05) is 0 Å². The molecule has 2 atom stereocenters. The lowest BCUT2D eigenvalue weighted by Gasteiger charge is -2.44. The Morgan fingerprint density at radius 3 is 1.74 bits per heavy atom. The predicted molar refractivity (Wildman–Crippen MR) is 187 cm³/mol. The van der Waals surface area contributed by atoms with Crippen molar-refractivity contribution in [3.63, 3.8) is 0 Å². The van der Waals surface area contributed by atoms with E-state index in [9.17, 15) is 9.90 Å². The van der Waals surface area contributed by atoms with Gasteiger partial charge in [-0.15, -0.1) is 0 Å². The van der Waals surface area contributed by atoms with Gasteiger partial charge in [-0.05, 0) is 28.3 Å². The van der Waals surface area contributed by atoms with Crippen LogP contribution in [0.25, 0.3) is 0 Å². The molecule has 4 nitrogen and oxygen atoms in total. The molecule has 2 aromatic rings. The molecule has 1 amide bonds. The van der Waals surface area contributed by atoms with E-state index in [1.807, 2.05) is 42.5 Å². The third-order valence-electron chi connectivity index (χ3n) is 8.14. The highest BCUT2D eigenvalue weighted by molar-refractivity contribution is 6.99. The first-order chi connectivity index (χ1) is 20.6. The third-order valence-corrected chi connectivity index (χ3v) is 13.5. The molecule has 0 radical (unpaired) electrons. The monoisotopic (exact) mass is 647 g/mol.